The second-order valence-corrected chi connectivity index (χ2v) is 5.05. The molecule has 0 aliphatic heterocycles. The SMILES string of the molecule is COc1ccc(CC(=O)c2cc(F)ccc2Br)cc1F. The molecule has 0 radical (unpaired) electrons. The fourth-order valence-electron chi connectivity index (χ4n) is 1.81. The van der Waals surface area contributed by atoms with Crippen molar-refractivity contribution in [1.82, 2.24) is 0 Å². The third kappa shape index (κ3) is 3.22. The van der Waals surface area contributed by atoms with E-state index in [1.54, 1.807) is 6.07 Å². The molecule has 0 fully saturated rings. The highest BCUT2D eigenvalue weighted by Crippen LogP contribution is 2.22. The first-order valence-electron chi connectivity index (χ1n) is 5.82. The molecule has 5 heteroatoms. The van der Waals surface area contributed by atoms with Gasteiger partial charge >= 0.3 is 0 Å². The van der Waals surface area contributed by atoms with Gasteiger partial charge in [0.15, 0.2) is 17.3 Å². The van der Waals surface area contributed by atoms with Gasteiger partial charge in [0.1, 0.15) is 5.82 Å². The van der Waals surface area contributed by atoms with E-state index in [4.69, 9.17) is 4.74 Å². The Bertz CT molecular complexity index is 656. The quantitative estimate of drug-likeness (QED) is 0.781. The van der Waals surface area contributed by atoms with Crippen LogP contribution in [0.2, 0.25) is 0 Å². The Balaban J connectivity index is 2.23. The second kappa shape index (κ2) is 6.13. The van der Waals surface area contributed by atoms with Crippen LogP contribution in [0.4, 0.5) is 8.78 Å². The van der Waals surface area contributed by atoms with Crippen LogP contribution in [0.25, 0.3) is 0 Å². The molecule has 2 aromatic rings. The molecule has 0 spiro atoms. The lowest BCUT2D eigenvalue weighted by atomic mass is 10.0. The maximum atomic E-state index is 13.5. The lowest BCUT2D eigenvalue weighted by molar-refractivity contribution is 0.0991. The number of ketones is 1. The molecule has 0 N–H and O–H groups in total. The Labute approximate surface area is 123 Å². The van der Waals surface area contributed by atoms with Crippen LogP contribution in [0.5, 0.6) is 5.75 Å². The van der Waals surface area contributed by atoms with Gasteiger partial charge in [-0.15, -0.1) is 0 Å². The van der Waals surface area contributed by atoms with Gasteiger partial charge in [-0.05, 0) is 35.9 Å². The predicted molar refractivity (Wildman–Crippen MR) is 75.1 cm³/mol. The zero-order valence-electron chi connectivity index (χ0n) is 10.6. The number of benzene rings is 2. The van der Waals surface area contributed by atoms with E-state index in [1.807, 2.05) is 0 Å². The minimum atomic E-state index is -0.531. The summed E-state index contributed by atoms with van der Waals surface area (Å²) in [5, 5.41) is 0. The van der Waals surface area contributed by atoms with Crippen molar-refractivity contribution in [1.29, 1.82) is 0 Å². The molecule has 0 heterocycles. The Morgan fingerprint density at radius 3 is 2.60 bits per heavy atom. The predicted octanol–water partition coefficient (Wildman–Crippen LogP) is 4.16. The minimum absolute atomic E-state index is 0.0109. The summed E-state index contributed by atoms with van der Waals surface area (Å²) in [6.45, 7) is 0. The Hall–Kier alpha value is -1.75. The number of carbonyl (C=O) groups excluding carboxylic acids is 1. The maximum Gasteiger partial charge on any atom is 0.168 e. The topological polar surface area (TPSA) is 26.3 Å². The Kier molecular flexibility index (Phi) is 4.49. The molecule has 2 nitrogen and oxygen atoms in total. The van der Waals surface area contributed by atoms with Gasteiger partial charge in [0.25, 0.3) is 0 Å². The molecular weight excluding hydrogens is 330 g/mol. The van der Waals surface area contributed by atoms with Crippen molar-refractivity contribution in [2.24, 2.45) is 0 Å². The molecule has 0 aromatic heterocycles. The molecule has 0 saturated carbocycles. The lowest BCUT2D eigenvalue weighted by Gasteiger charge is -2.06. The first kappa shape index (κ1) is 14.7. The van der Waals surface area contributed by atoms with Gasteiger partial charge < -0.3 is 4.74 Å². The van der Waals surface area contributed by atoms with E-state index in [9.17, 15) is 13.6 Å². The maximum absolute atomic E-state index is 13.5. The number of ether oxygens (including phenoxy) is 1. The van der Waals surface area contributed by atoms with E-state index in [1.165, 1.54) is 31.4 Å². The second-order valence-electron chi connectivity index (χ2n) is 4.19. The van der Waals surface area contributed by atoms with Crippen LogP contribution in [-0.2, 0) is 6.42 Å². The van der Waals surface area contributed by atoms with Crippen LogP contribution >= 0.6 is 15.9 Å². The molecule has 0 aliphatic carbocycles. The van der Waals surface area contributed by atoms with Gasteiger partial charge in [0.2, 0.25) is 0 Å². The minimum Gasteiger partial charge on any atom is -0.494 e. The van der Waals surface area contributed by atoms with Gasteiger partial charge in [-0.25, -0.2) is 8.78 Å². The van der Waals surface area contributed by atoms with Gasteiger partial charge in [-0.1, -0.05) is 22.0 Å². The molecule has 0 unspecified atom stereocenters. The Morgan fingerprint density at radius 1 is 1.20 bits per heavy atom. The molecule has 104 valence electrons. The zero-order chi connectivity index (χ0) is 14.7. The van der Waals surface area contributed by atoms with Crippen LogP contribution < -0.4 is 4.74 Å². The third-order valence-corrected chi connectivity index (χ3v) is 3.50. The Morgan fingerprint density at radius 2 is 1.95 bits per heavy atom. The number of methoxy groups -OCH3 is 1. The summed E-state index contributed by atoms with van der Waals surface area (Å²) >= 11 is 3.20. The summed E-state index contributed by atoms with van der Waals surface area (Å²) < 4.78 is 32.0. The normalized spacial score (nSPS) is 10.4. The standard InChI is InChI=1S/C15H11BrF2O2/c1-20-15-5-2-9(6-13(15)18)7-14(19)11-8-10(17)3-4-12(11)16/h2-6,8H,7H2,1H3. The highest BCUT2D eigenvalue weighted by atomic mass is 79.9. The fraction of sp³-hybridized carbons (Fsp3) is 0.133. The summed E-state index contributed by atoms with van der Waals surface area (Å²) in [6, 6.07) is 8.19. The summed E-state index contributed by atoms with van der Waals surface area (Å²) in [5.74, 6) is -1.19. The molecular formula is C15H11BrF2O2. The van der Waals surface area contributed by atoms with Crippen molar-refractivity contribution in [2.75, 3.05) is 7.11 Å². The summed E-state index contributed by atoms with van der Waals surface area (Å²) in [4.78, 5) is 12.1. The van der Waals surface area contributed by atoms with Crippen molar-refractivity contribution >= 4 is 21.7 Å². The lowest BCUT2D eigenvalue weighted by Crippen LogP contribution is -2.05. The van der Waals surface area contributed by atoms with Crippen molar-refractivity contribution in [3.63, 3.8) is 0 Å². The number of rotatable bonds is 4. The van der Waals surface area contributed by atoms with Crippen LogP contribution in [-0.4, -0.2) is 12.9 Å². The smallest absolute Gasteiger partial charge is 0.168 e. The molecule has 0 aliphatic rings. The first-order chi connectivity index (χ1) is 9.51. The van der Waals surface area contributed by atoms with Crippen molar-refractivity contribution in [2.45, 2.75) is 6.42 Å². The monoisotopic (exact) mass is 340 g/mol. The summed E-state index contributed by atoms with van der Waals surface area (Å²) in [6.07, 6.45) is -0.0109. The van der Waals surface area contributed by atoms with Crippen LogP contribution in [0.1, 0.15) is 15.9 Å². The average Bonchev–Trinajstić information content (AvgIpc) is 2.41. The van der Waals surface area contributed by atoms with E-state index in [-0.39, 0.29) is 23.5 Å². The summed E-state index contributed by atoms with van der Waals surface area (Å²) in [5.41, 5.74) is 0.741. The molecule has 0 saturated heterocycles. The number of halogens is 3. The van der Waals surface area contributed by atoms with Gasteiger partial charge in [0, 0.05) is 16.5 Å². The molecule has 2 aromatic carbocycles. The third-order valence-electron chi connectivity index (χ3n) is 2.81. The van der Waals surface area contributed by atoms with Gasteiger partial charge in [-0.3, -0.25) is 4.79 Å². The first-order valence-corrected chi connectivity index (χ1v) is 6.61. The van der Waals surface area contributed by atoms with E-state index in [0.29, 0.717) is 10.0 Å². The van der Waals surface area contributed by atoms with E-state index in [2.05, 4.69) is 15.9 Å². The highest BCUT2D eigenvalue weighted by Gasteiger charge is 2.13. The van der Waals surface area contributed by atoms with Crippen LogP contribution in [0.3, 0.4) is 0 Å². The van der Waals surface area contributed by atoms with E-state index < -0.39 is 11.6 Å². The highest BCUT2D eigenvalue weighted by molar-refractivity contribution is 9.10. The zero-order valence-corrected chi connectivity index (χ0v) is 12.2. The summed E-state index contributed by atoms with van der Waals surface area (Å²) in [7, 11) is 1.37. The molecule has 0 atom stereocenters. The number of hydrogen-bond acceptors (Lipinski definition) is 2. The van der Waals surface area contributed by atoms with Crippen molar-refractivity contribution < 1.29 is 18.3 Å². The molecule has 0 amide bonds. The van der Waals surface area contributed by atoms with E-state index in [0.717, 1.165) is 6.07 Å². The van der Waals surface area contributed by atoms with Crippen molar-refractivity contribution in [3.05, 3.63) is 63.6 Å². The molecule has 20 heavy (non-hydrogen) atoms. The van der Waals surface area contributed by atoms with Crippen LogP contribution in [0.15, 0.2) is 40.9 Å². The van der Waals surface area contributed by atoms with Crippen molar-refractivity contribution in [3.8, 4) is 5.75 Å². The average molecular weight is 341 g/mol. The van der Waals surface area contributed by atoms with E-state index >= 15 is 0 Å². The van der Waals surface area contributed by atoms with Gasteiger partial charge in [0.05, 0.1) is 7.11 Å². The van der Waals surface area contributed by atoms with Gasteiger partial charge in [-0.2, -0.15) is 0 Å². The molecule has 2 rings (SSSR count). The number of Topliss-reactive ketones (excluding diaryl/α,β-unsaturated/α-hetero) is 1. The number of carbonyl (C=O) groups is 1. The van der Waals surface area contributed by atoms with Crippen LogP contribution in [0, 0.1) is 11.6 Å². The largest absolute Gasteiger partial charge is 0.494 e. The fourth-order valence-corrected chi connectivity index (χ4v) is 2.28. The molecule has 0 bridgehead atoms. The number of hydrogen-bond donors (Lipinski definition) is 0.